The van der Waals surface area contributed by atoms with Gasteiger partial charge in [-0.1, -0.05) is 6.92 Å². The van der Waals surface area contributed by atoms with E-state index >= 15 is 0 Å². The highest BCUT2D eigenvalue weighted by atomic mass is 16.5. The monoisotopic (exact) mass is 304 g/mol. The summed E-state index contributed by atoms with van der Waals surface area (Å²) in [4.78, 5) is 14.2. The maximum absolute atomic E-state index is 11.9. The summed E-state index contributed by atoms with van der Waals surface area (Å²) in [7, 11) is 4.84. The van der Waals surface area contributed by atoms with E-state index in [-0.39, 0.29) is 5.97 Å². The van der Waals surface area contributed by atoms with Gasteiger partial charge in [-0.05, 0) is 32.9 Å². The van der Waals surface area contributed by atoms with Crippen LogP contribution in [0.4, 0.5) is 0 Å². The van der Waals surface area contributed by atoms with Crippen LogP contribution in [0.15, 0.2) is 0 Å². The van der Waals surface area contributed by atoms with Crippen molar-refractivity contribution in [3.8, 4) is 0 Å². The standard InChI is InChI=1S/C15H32N2O4/c1-6-16-15(2,14(18)21-5)8-7-9-17(10-12-19-3)11-13-20-4/h16H,6-13H2,1-5H3. The number of carbonyl (C=O) groups excluding carboxylic acids is 1. The molecule has 6 nitrogen and oxygen atoms in total. The van der Waals surface area contributed by atoms with Gasteiger partial charge in [0.1, 0.15) is 5.54 Å². The number of hydrogen-bond acceptors (Lipinski definition) is 6. The predicted molar refractivity (Wildman–Crippen MR) is 83.5 cm³/mol. The van der Waals surface area contributed by atoms with Gasteiger partial charge in [0, 0.05) is 27.3 Å². The Morgan fingerprint density at radius 3 is 2.10 bits per heavy atom. The molecule has 1 N–H and O–H groups in total. The zero-order valence-corrected chi connectivity index (χ0v) is 14.2. The highest BCUT2D eigenvalue weighted by Crippen LogP contribution is 2.15. The van der Waals surface area contributed by atoms with Crippen LogP contribution in [0, 0.1) is 0 Å². The van der Waals surface area contributed by atoms with E-state index in [0.717, 1.165) is 39.0 Å². The molecule has 21 heavy (non-hydrogen) atoms. The van der Waals surface area contributed by atoms with Crippen molar-refractivity contribution < 1.29 is 19.0 Å². The first kappa shape index (κ1) is 20.3. The molecule has 0 heterocycles. The lowest BCUT2D eigenvalue weighted by atomic mass is 9.95. The Balaban J connectivity index is 4.32. The molecule has 0 rings (SSSR count). The van der Waals surface area contributed by atoms with Gasteiger partial charge in [-0.3, -0.25) is 9.69 Å². The van der Waals surface area contributed by atoms with Crippen LogP contribution in [0.5, 0.6) is 0 Å². The summed E-state index contributed by atoms with van der Waals surface area (Å²) in [6, 6.07) is 0. The summed E-state index contributed by atoms with van der Waals surface area (Å²) in [5.74, 6) is -0.204. The fraction of sp³-hybridized carbons (Fsp3) is 0.933. The summed E-state index contributed by atoms with van der Waals surface area (Å²) >= 11 is 0. The summed E-state index contributed by atoms with van der Waals surface area (Å²) < 4.78 is 15.1. The Hall–Kier alpha value is -0.690. The first-order valence-electron chi connectivity index (χ1n) is 7.57. The van der Waals surface area contributed by atoms with Gasteiger partial charge in [0.15, 0.2) is 0 Å². The fourth-order valence-corrected chi connectivity index (χ4v) is 2.31. The molecule has 0 aromatic rings. The molecule has 0 bridgehead atoms. The van der Waals surface area contributed by atoms with Crippen molar-refractivity contribution >= 4 is 5.97 Å². The third kappa shape index (κ3) is 8.36. The summed E-state index contributed by atoms with van der Waals surface area (Å²) in [5, 5.41) is 3.23. The first-order valence-corrected chi connectivity index (χ1v) is 7.57. The number of carbonyl (C=O) groups is 1. The molecule has 0 fully saturated rings. The number of likely N-dealkylation sites (N-methyl/N-ethyl adjacent to an activating group) is 1. The molecule has 1 atom stereocenters. The number of rotatable bonds is 13. The molecule has 0 saturated heterocycles. The highest BCUT2D eigenvalue weighted by Gasteiger charge is 2.32. The van der Waals surface area contributed by atoms with Crippen molar-refractivity contribution in [2.24, 2.45) is 0 Å². The normalized spacial score (nSPS) is 14.2. The minimum Gasteiger partial charge on any atom is -0.468 e. The van der Waals surface area contributed by atoms with Crippen LogP contribution in [0.25, 0.3) is 0 Å². The lowest BCUT2D eigenvalue weighted by Gasteiger charge is -2.29. The van der Waals surface area contributed by atoms with Crippen LogP contribution in [0.3, 0.4) is 0 Å². The van der Waals surface area contributed by atoms with Crippen molar-refractivity contribution in [1.82, 2.24) is 10.2 Å². The Morgan fingerprint density at radius 2 is 1.67 bits per heavy atom. The van der Waals surface area contributed by atoms with E-state index in [9.17, 15) is 4.79 Å². The molecular formula is C15H32N2O4. The molecule has 0 saturated carbocycles. The lowest BCUT2D eigenvalue weighted by molar-refractivity contribution is -0.148. The van der Waals surface area contributed by atoms with Gasteiger partial charge < -0.3 is 19.5 Å². The molecule has 0 aromatic carbocycles. The molecule has 6 heteroatoms. The maximum atomic E-state index is 11.9. The highest BCUT2D eigenvalue weighted by molar-refractivity contribution is 5.80. The molecular weight excluding hydrogens is 272 g/mol. The Bertz CT molecular complexity index is 268. The number of esters is 1. The van der Waals surface area contributed by atoms with Gasteiger partial charge in [-0.25, -0.2) is 0 Å². The predicted octanol–water partition coefficient (Wildman–Crippen LogP) is 0.903. The van der Waals surface area contributed by atoms with Crippen LogP contribution in [-0.2, 0) is 19.0 Å². The van der Waals surface area contributed by atoms with E-state index in [1.807, 2.05) is 13.8 Å². The minimum atomic E-state index is -0.613. The van der Waals surface area contributed by atoms with E-state index in [4.69, 9.17) is 14.2 Å². The Morgan fingerprint density at radius 1 is 1.10 bits per heavy atom. The van der Waals surface area contributed by atoms with E-state index in [0.29, 0.717) is 13.2 Å². The van der Waals surface area contributed by atoms with Crippen LogP contribution in [0.1, 0.15) is 26.7 Å². The van der Waals surface area contributed by atoms with E-state index < -0.39 is 5.54 Å². The van der Waals surface area contributed by atoms with Crippen molar-refractivity contribution in [1.29, 1.82) is 0 Å². The smallest absolute Gasteiger partial charge is 0.325 e. The van der Waals surface area contributed by atoms with Gasteiger partial charge in [-0.15, -0.1) is 0 Å². The van der Waals surface area contributed by atoms with Crippen LogP contribution >= 0.6 is 0 Å². The van der Waals surface area contributed by atoms with E-state index in [1.165, 1.54) is 7.11 Å². The first-order chi connectivity index (χ1) is 10.0. The average molecular weight is 304 g/mol. The molecule has 0 amide bonds. The number of nitrogens with zero attached hydrogens (tertiary/aromatic N) is 1. The van der Waals surface area contributed by atoms with Gasteiger partial charge in [0.25, 0.3) is 0 Å². The molecule has 0 radical (unpaired) electrons. The van der Waals surface area contributed by atoms with Gasteiger partial charge in [0.05, 0.1) is 20.3 Å². The van der Waals surface area contributed by atoms with Gasteiger partial charge in [-0.2, -0.15) is 0 Å². The topological polar surface area (TPSA) is 60.0 Å². The van der Waals surface area contributed by atoms with Crippen molar-refractivity contribution in [3.63, 3.8) is 0 Å². The number of methoxy groups -OCH3 is 3. The zero-order valence-electron chi connectivity index (χ0n) is 14.2. The number of nitrogens with one attached hydrogen (secondary N) is 1. The number of ether oxygens (including phenoxy) is 3. The van der Waals surface area contributed by atoms with Crippen molar-refractivity contribution in [2.45, 2.75) is 32.2 Å². The summed E-state index contributed by atoms with van der Waals surface area (Å²) in [6.07, 6.45) is 1.65. The van der Waals surface area contributed by atoms with Crippen molar-refractivity contribution in [3.05, 3.63) is 0 Å². The SMILES string of the molecule is CCNC(C)(CCCN(CCOC)CCOC)C(=O)OC. The third-order valence-electron chi connectivity index (χ3n) is 3.58. The minimum absolute atomic E-state index is 0.204. The second kappa shape index (κ2) is 11.9. The summed E-state index contributed by atoms with van der Waals surface area (Å²) in [5.41, 5.74) is -0.613. The molecule has 0 aromatic heterocycles. The number of hydrogen-bond donors (Lipinski definition) is 1. The van der Waals surface area contributed by atoms with Crippen LogP contribution in [-0.4, -0.2) is 77.1 Å². The maximum Gasteiger partial charge on any atom is 0.325 e. The molecule has 1 unspecified atom stereocenters. The van der Waals surface area contributed by atoms with Crippen molar-refractivity contribution in [2.75, 3.05) is 60.7 Å². The lowest BCUT2D eigenvalue weighted by Crippen LogP contribution is -2.50. The Labute approximate surface area is 129 Å². The molecule has 0 aliphatic heterocycles. The van der Waals surface area contributed by atoms with Gasteiger partial charge in [0.2, 0.25) is 0 Å². The Kier molecular flexibility index (Phi) is 11.5. The largest absolute Gasteiger partial charge is 0.468 e. The zero-order chi connectivity index (χ0) is 16.1. The summed E-state index contributed by atoms with van der Waals surface area (Å²) in [6.45, 7) is 8.68. The fourth-order valence-electron chi connectivity index (χ4n) is 2.31. The quantitative estimate of drug-likeness (QED) is 0.510. The second-order valence-electron chi connectivity index (χ2n) is 5.28. The third-order valence-corrected chi connectivity index (χ3v) is 3.58. The van der Waals surface area contributed by atoms with Crippen LogP contribution in [0.2, 0.25) is 0 Å². The van der Waals surface area contributed by atoms with E-state index in [1.54, 1.807) is 14.2 Å². The van der Waals surface area contributed by atoms with Crippen LogP contribution < -0.4 is 5.32 Å². The molecule has 0 spiro atoms. The van der Waals surface area contributed by atoms with Gasteiger partial charge >= 0.3 is 5.97 Å². The second-order valence-corrected chi connectivity index (χ2v) is 5.28. The molecule has 126 valence electrons. The average Bonchev–Trinajstić information content (AvgIpc) is 2.48. The molecule has 0 aliphatic rings. The molecule has 0 aliphatic carbocycles. The van der Waals surface area contributed by atoms with E-state index in [2.05, 4.69) is 10.2 Å².